The van der Waals surface area contributed by atoms with E-state index in [1.54, 1.807) is 43.4 Å². The zero-order valence-corrected chi connectivity index (χ0v) is 16.1. The minimum atomic E-state index is -0.295. The van der Waals surface area contributed by atoms with Gasteiger partial charge in [-0.1, -0.05) is 12.1 Å². The van der Waals surface area contributed by atoms with Crippen LogP contribution in [0.4, 0.5) is 5.69 Å². The molecule has 27 heavy (non-hydrogen) atoms. The van der Waals surface area contributed by atoms with Crippen LogP contribution in [0.25, 0.3) is 0 Å². The Morgan fingerprint density at radius 2 is 1.93 bits per heavy atom. The molecule has 2 aromatic rings. The Balaban J connectivity index is 0.00000261. The van der Waals surface area contributed by atoms with Gasteiger partial charge in [0.1, 0.15) is 0 Å². The lowest BCUT2D eigenvalue weighted by atomic mass is 10.1. The van der Waals surface area contributed by atoms with Crippen molar-refractivity contribution in [3.8, 4) is 0 Å². The van der Waals surface area contributed by atoms with Crippen LogP contribution in [0.2, 0.25) is 0 Å². The standard InChI is InChI=1S/C19H24N4O3.ClH/c1-22(19(25)17-7-4-14-26-17)16-6-3-2-5-15(16)18(24)21-10-13-23-11-8-20-9-12-23;/h2-7,14,20H,8-13H2,1H3,(H,21,24);1H. The first-order valence-corrected chi connectivity index (χ1v) is 8.78. The second kappa shape index (κ2) is 10.1. The van der Waals surface area contributed by atoms with Crippen LogP contribution in [0, 0.1) is 0 Å². The van der Waals surface area contributed by atoms with E-state index in [1.165, 1.54) is 11.2 Å². The Kier molecular flexibility index (Phi) is 7.84. The van der Waals surface area contributed by atoms with Crippen LogP contribution in [0.3, 0.4) is 0 Å². The molecule has 1 fully saturated rings. The zero-order valence-electron chi connectivity index (χ0n) is 15.3. The second-order valence-corrected chi connectivity index (χ2v) is 6.21. The number of rotatable bonds is 6. The predicted octanol–water partition coefficient (Wildman–Crippen LogP) is 1.61. The first kappa shape index (κ1) is 21.0. The smallest absolute Gasteiger partial charge is 0.293 e. The SMILES string of the molecule is CN(C(=O)c1ccco1)c1ccccc1C(=O)NCCN1CCNCC1.Cl. The average Bonchev–Trinajstić information content (AvgIpc) is 3.22. The number of hydrogen-bond donors (Lipinski definition) is 2. The number of carbonyl (C=O) groups excluding carboxylic acids is 2. The Hall–Kier alpha value is -2.35. The summed E-state index contributed by atoms with van der Waals surface area (Å²) < 4.78 is 5.17. The normalized spacial score (nSPS) is 14.3. The molecule has 0 radical (unpaired) electrons. The van der Waals surface area contributed by atoms with Crippen LogP contribution >= 0.6 is 12.4 Å². The Labute approximate surface area is 165 Å². The van der Waals surface area contributed by atoms with Crippen LogP contribution in [0.1, 0.15) is 20.9 Å². The van der Waals surface area contributed by atoms with Crippen LogP contribution in [0.15, 0.2) is 47.1 Å². The van der Waals surface area contributed by atoms with E-state index in [1.807, 2.05) is 0 Å². The summed E-state index contributed by atoms with van der Waals surface area (Å²) in [6.07, 6.45) is 1.45. The van der Waals surface area contributed by atoms with Gasteiger partial charge in [-0.05, 0) is 24.3 Å². The molecule has 1 aromatic heterocycles. The summed E-state index contributed by atoms with van der Waals surface area (Å²) in [6.45, 7) is 5.34. The number of nitrogens with one attached hydrogen (secondary N) is 2. The number of nitrogens with zero attached hydrogens (tertiary/aromatic N) is 2. The molecule has 2 heterocycles. The lowest BCUT2D eigenvalue weighted by Crippen LogP contribution is -2.46. The molecule has 0 aliphatic carbocycles. The molecule has 0 spiro atoms. The number of halogens is 1. The van der Waals surface area contributed by atoms with Gasteiger partial charge >= 0.3 is 0 Å². The maximum atomic E-state index is 12.6. The quantitative estimate of drug-likeness (QED) is 0.781. The molecule has 8 heteroatoms. The van der Waals surface area contributed by atoms with Gasteiger partial charge < -0.3 is 20.0 Å². The maximum Gasteiger partial charge on any atom is 0.293 e. The van der Waals surface area contributed by atoms with Gasteiger partial charge in [-0.2, -0.15) is 0 Å². The van der Waals surface area contributed by atoms with Gasteiger partial charge in [-0.3, -0.25) is 14.5 Å². The third-order valence-corrected chi connectivity index (χ3v) is 4.47. The highest BCUT2D eigenvalue weighted by molar-refractivity contribution is 6.09. The number of anilines is 1. The number of piperazine rings is 1. The molecule has 1 saturated heterocycles. The van der Waals surface area contributed by atoms with Crippen molar-refractivity contribution in [1.82, 2.24) is 15.5 Å². The van der Waals surface area contributed by atoms with Gasteiger partial charge in [0.05, 0.1) is 17.5 Å². The van der Waals surface area contributed by atoms with Crippen LogP contribution in [-0.4, -0.2) is 63.0 Å². The Bertz CT molecular complexity index is 745. The molecule has 7 nitrogen and oxygen atoms in total. The number of hydrogen-bond acceptors (Lipinski definition) is 5. The molecular formula is C19H25ClN4O3. The third-order valence-electron chi connectivity index (χ3n) is 4.47. The van der Waals surface area contributed by atoms with E-state index in [4.69, 9.17) is 4.42 Å². The number of furan rings is 1. The minimum Gasteiger partial charge on any atom is -0.459 e. The number of amides is 2. The molecule has 1 aromatic carbocycles. The van der Waals surface area contributed by atoms with Crippen LogP contribution in [0.5, 0.6) is 0 Å². The van der Waals surface area contributed by atoms with E-state index in [-0.39, 0.29) is 30.0 Å². The van der Waals surface area contributed by atoms with Gasteiger partial charge in [-0.15, -0.1) is 12.4 Å². The summed E-state index contributed by atoms with van der Waals surface area (Å²) in [7, 11) is 1.64. The van der Waals surface area contributed by atoms with Crippen molar-refractivity contribution < 1.29 is 14.0 Å². The minimum absolute atomic E-state index is 0. The summed E-state index contributed by atoms with van der Waals surface area (Å²) in [5.74, 6) is -0.243. The van der Waals surface area contributed by atoms with Gasteiger partial charge in [0.25, 0.3) is 11.8 Å². The number of carbonyl (C=O) groups is 2. The largest absolute Gasteiger partial charge is 0.459 e. The van der Waals surface area contributed by atoms with Gasteiger partial charge in [0.15, 0.2) is 5.76 Å². The van der Waals surface area contributed by atoms with Gasteiger partial charge in [0, 0.05) is 46.3 Å². The van der Waals surface area contributed by atoms with Crippen molar-refractivity contribution in [2.75, 3.05) is 51.2 Å². The molecular weight excluding hydrogens is 368 g/mol. The van der Waals surface area contributed by atoms with Crippen molar-refractivity contribution in [1.29, 1.82) is 0 Å². The summed E-state index contributed by atoms with van der Waals surface area (Å²) >= 11 is 0. The topological polar surface area (TPSA) is 77.8 Å². The number of para-hydroxylation sites is 1. The lowest BCUT2D eigenvalue weighted by molar-refractivity contribution is 0.0947. The van der Waals surface area contributed by atoms with Crippen molar-refractivity contribution in [2.45, 2.75) is 0 Å². The monoisotopic (exact) mass is 392 g/mol. The average molecular weight is 393 g/mol. The molecule has 1 aliphatic heterocycles. The van der Waals surface area contributed by atoms with E-state index in [2.05, 4.69) is 15.5 Å². The fourth-order valence-corrected chi connectivity index (χ4v) is 2.99. The highest BCUT2D eigenvalue weighted by atomic mass is 35.5. The van der Waals surface area contributed by atoms with E-state index in [9.17, 15) is 9.59 Å². The van der Waals surface area contributed by atoms with Crippen molar-refractivity contribution in [3.05, 3.63) is 54.0 Å². The third kappa shape index (κ3) is 5.32. The second-order valence-electron chi connectivity index (χ2n) is 6.21. The highest BCUT2D eigenvalue weighted by Gasteiger charge is 2.21. The fraction of sp³-hybridized carbons (Fsp3) is 0.368. The molecule has 0 saturated carbocycles. The van der Waals surface area contributed by atoms with Crippen LogP contribution < -0.4 is 15.5 Å². The molecule has 2 N–H and O–H groups in total. The fourth-order valence-electron chi connectivity index (χ4n) is 2.99. The molecule has 2 amide bonds. The Morgan fingerprint density at radius 1 is 1.19 bits per heavy atom. The van der Waals surface area contributed by atoms with E-state index in [0.717, 1.165) is 32.7 Å². The van der Waals surface area contributed by atoms with Crippen LogP contribution in [-0.2, 0) is 0 Å². The Morgan fingerprint density at radius 3 is 2.63 bits per heavy atom. The lowest BCUT2D eigenvalue weighted by Gasteiger charge is -2.27. The van der Waals surface area contributed by atoms with Gasteiger partial charge in [0.2, 0.25) is 0 Å². The summed E-state index contributed by atoms with van der Waals surface area (Å²) in [5, 5.41) is 6.26. The van der Waals surface area contributed by atoms with Crippen molar-refractivity contribution in [3.63, 3.8) is 0 Å². The molecule has 1 aliphatic rings. The molecule has 146 valence electrons. The van der Waals surface area contributed by atoms with Gasteiger partial charge in [-0.25, -0.2) is 0 Å². The van der Waals surface area contributed by atoms with E-state index in [0.29, 0.717) is 17.8 Å². The molecule has 0 bridgehead atoms. The summed E-state index contributed by atoms with van der Waals surface area (Å²) in [6, 6.07) is 10.3. The number of benzene rings is 1. The predicted molar refractivity (Wildman–Crippen MR) is 107 cm³/mol. The zero-order chi connectivity index (χ0) is 18.4. The molecule has 0 unspecified atom stereocenters. The highest BCUT2D eigenvalue weighted by Crippen LogP contribution is 2.21. The molecule has 3 rings (SSSR count). The van der Waals surface area contributed by atoms with Crippen molar-refractivity contribution in [2.24, 2.45) is 0 Å². The summed E-state index contributed by atoms with van der Waals surface area (Å²) in [4.78, 5) is 28.9. The maximum absolute atomic E-state index is 12.6. The molecule has 0 atom stereocenters. The summed E-state index contributed by atoms with van der Waals surface area (Å²) in [5.41, 5.74) is 1.02. The van der Waals surface area contributed by atoms with E-state index >= 15 is 0 Å². The first-order valence-electron chi connectivity index (χ1n) is 8.78. The van der Waals surface area contributed by atoms with Crippen molar-refractivity contribution >= 4 is 29.9 Å². The first-order chi connectivity index (χ1) is 12.7. The van der Waals surface area contributed by atoms with E-state index < -0.39 is 0 Å².